The highest BCUT2D eigenvalue weighted by Gasteiger charge is 2.48. The fourth-order valence-electron chi connectivity index (χ4n) is 3.65. The highest BCUT2D eigenvalue weighted by atomic mass is 16.5. The second-order valence-electron chi connectivity index (χ2n) is 5.56. The van der Waals surface area contributed by atoms with Crippen LogP contribution in [0.2, 0.25) is 0 Å². The fraction of sp³-hybridized carbons (Fsp3) is 0.857. The highest BCUT2D eigenvalue weighted by Crippen LogP contribution is 2.41. The Balaban J connectivity index is 1.80. The molecule has 102 valence electrons. The van der Waals surface area contributed by atoms with Crippen LogP contribution in [0.1, 0.15) is 32.1 Å². The second kappa shape index (κ2) is 5.19. The second-order valence-corrected chi connectivity index (χ2v) is 5.56. The van der Waals surface area contributed by atoms with Crippen LogP contribution in [0.15, 0.2) is 11.8 Å². The maximum atomic E-state index is 10.8. The Bertz CT molecular complexity index is 317. The number of hydrogen-bond acceptors (Lipinski definition) is 4. The molecule has 0 spiro atoms. The third-order valence-corrected chi connectivity index (χ3v) is 4.62. The van der Waals surface area contributed by atoms with Crippen LogP contribution in [0.25, 0.3) is 0 Å². The molecule has 1 aliphatic carbocycles. The molecule has 1 atom stereocenters. The molecular weight excluding hydrogens is 230 g/mol. The molecule has 4 heteroatoms. The monoisotopic (exact) mass is 253 g/mol. The summed E-state index contributed by atoms with van der Waals surface area (Å²) in [6, 6.07) is 0. The Hall–Kier alpha value is -0.580. The molecule has 3 aliphatic rings. The van der Waals surface area contributed by atoms with E-state index in [1.807, 2.05) is 0 Å². The molecule has 0 radical (unpaired) electrons. The molecule has 2 heterocycles. The number of nitrogens with zero attached hydrogens (tertiary/aromatic N) is 1. The minimum atomic E-state index is -0.458. The first-order chi connectivity index (χ1) is 8.83. The SMILES string of the molecule is OC(C1=CCCO1)C1(N2CCOCC2)CCCC1. The lowest BCUT2D eigenvalue weighted by atomic mass is 9.86. The molecule has 4 nitrogen and oxygen atoms in total. The normalized spacial score (nSPS) is 29.9. The molecule has 2 fully saturated rings. The molecule has 2 aliphatic heterocycles. The lowest BCUT2D eigenvalue weighted by molar-refractivity contribution is -0.0767. The summed E-state index contributed by atoms with van der Waals surface area (Å²) in [5.41, 5.74) is -0.0973. The highest BCUT2D eigenvalue weighted by molar-refractivity contribution is 5.15. The van der Waals surface area contributed by atoms with Gasteiger partial charge in [0.2, 0.25) is 0 Å². The van der Waals surface area contributed by atoms with E-state index in [4.69, 9.17) is 9.47 Å². The average Bonchev–Trinajstić information content (AvgIpc) is 3.11. The van der Waals surface area contributed by atoms with Crippen molar-refractivity contribution < 1.29 is 14.6 Å². The standard InChI is InChI=1S/C14H23NO3/c16-13(12-4-3-9-18-12)14(5-1-2-6-14)15-7-10-17-11-8-15/h4,13,16H,1-3,5-11H2. The van der Waals surface area contributed by atoms with Gasteiger partial charge >= 0.3 is 0 Å². The molecule has 0 amide bonds. The van der Waals surface area contributed by atoms with E-state index in [9.17, 15) is 5.11 Å². The first kappa shape index (κ1) is 12.5. The summed E-state index contributed by atoms with van der Waals surface area (Å²) < 4.78 is 11.0. The van der Waals surface area contributed by atoms with Gasteiger partial charge in [0.1, 0.15) is 11.9 Å². The van der Waals surface area contributed by atoms with Crippen LogP contribution in [-0.4, -0.2) is 54.6 Å². The van der Waals surface area contributed by atoms with Crippen LogP contribution in [-0.2, 0) is 9.47 Å². The van der Waals surface area contributed by atoms with E-state index in [0.717, 1.165) is 57.9 Å². The average molecular weight is 253 g/mol. The molecule has 0 aromatic carbocycles. The van der Waals surface area contributed by atoms with Crippen molar-refractivity contribution >= 4 is 0 Å². The predicted molar refractivity (Wildman–Crippen MR) is 68.2 cm³/mol. The van der Waals surface area contributed by atoms with Gasteiger partial charge in [0, 0.05) is 19.5 Å². The number of aliphatic hydroxyl groups is 1. The van der Waals surface area contributed by atoms with Crippen molar-refractivity contribution in [3.05, 3.63) is 11.8 Å². The number of aliphatic hydroxyl groups excluding tert-OH is 1. The van der Waals surface area contributed by atoms with E-state index < -0.39 is 6.10 Å². The summed E-state index contributed by atoms with van der Waals surface area (Å²) in [6.07, 6.45) is 7.12. The predicted octanol–water partition coefficient (Wildman–Crippen LogP) is 1.30. The number of rotatable bonds is 3. The van der Waals surface area contributed by atoms with E-state index >= 15 is 0 Å². The molecule has 0 aromatic heterocycles. The number of morpholine rings is 1. The zero-order chi connectivity index (χ0) is 12.4. The van der Waals surface area contributed by atoms with Gasteiger partial charge in [-0.15, -0.1) is 0 Å². The van der Waals surface area contributed by atoms with Crippen molar-refractivity contribution in [1.82, 2.24) is 4.90 Å². The summed E-state index contributed by atoms with van der Waals surface area (Å²) in [5, 5.41) is 10.8. The molecule has 3 rings (SSSR count). The van der Waals surface area contributed by atoms with Gasteiger partial charge in [0.05, 0.1) is 25.4 Å². The van der Waals surface area contributed by atoms with Gasteiger partial charge in [-0.2, -0.15) is 0 Å². The van der Waals surface area contributed by atoms with Crippen LogP contribution >= 0.6 is 0 Å². The molecule has 18 heavy (non-hydrogen) atoms. The van der Waals surface area contributed by atoms with Crippen molar-refractivity contribution in [3.8, 4) is 0 Å². The number of hydrogen-bond donors (Lipinski definition) is 1. The molecule has 1 N–H and O–H groups in total. The molecule has 1 unspecified atom stereocenters. The quantitative estimate of drug-likeness (QED) is 0.823. The van der Waals surface area contributed by atoms with E-state index in [2.05, 4.69) is 11.0 Å². The largest absolute Gasteiger partial charge is 0.495 e. The van der Waals surface area contributed by atoms with E-state index in [0.29, 0.717) is 0 Å². The smallest absolute Gasteiger partial charge is 0.129 e. The topological polar surface area (TPSA) is 41.9 Å². The summed E-state index contributed by atoms with van der Waals surface area (Å²) in [5.74, 6) is 0.809. The molecule has 1 saturated heterocycles. The van der Waals surface area contributed by atoms with Crippen LogP contribution in [0.3, 0.4) is 0 Å². The zero-order valence-electron chi connectivity index (χ0n) is 10.9. The van der Waals surface area contributed by atoms with Gasteiger partial charge in [-0.1, -0.05) is 12.8 Å². The Kier molecular flexibility index (Phi) is 3.59. The summed E-state index contributed by atoms with van der Waals surface area (Å²) in [4.78, 5) is 2.44. The summed E-state index contributed by atoms with van der Waals surface area (Å²) in [7, 11) is 0. The van der Waals surface area contributed by atoms with Crippen LogP contribution in [0, 0.1) is 0 Å². The molecule has 0 aromatic rings. The third kappa shape index (κ3) is 2.06. The van der Waals surface area contributed by atoms with Gasteiger partial charge < -0.3 is 14.6 Å². The number of ether oxygens (including phenoxy) is 2. The molecule has 0 bridgehead atoms. The van der Waals surface area contributed by atoms with Gasteiger partial charge in [-0.25, -0.2) is 0 Å². The van der Waals surface area contributed by atoms with Gasteiger partial charge in [0.25, 0.3) is 0 Å². The Morgan fingerprint density at radius 2 is 1.89 bits per heavy atom. The van der Waals surface area contributed by atoms with Crippen molar-refractivity contribution in [1.29, 1.82) is 0 Å². The summed E-state index contributed by atoms with van der Waals surface area (Å²) >= 11 is 0. The van der Waals surface area contributed by atoms with Gasteiger partial charge in [0.15, 0.2) is 0 Å². The Morgan fingerprint density at radius 3 is 2.50 bits per heavy atom. The third-order valence-electron chi connectivity index (χ3n) is 4.62. The van der Waals surface area contributed by atoms with E-state index in [-0.39, 0.29) is 5.54 Å². The van der Waals surface area contributed by atoms with Crippen LogP contribution in [0.5, 0.6) is 0 Å². The lowest BCUT2D eigenvalue weighted by Crippen LogP contribution is -2.59. The van der Waals surface area contributed by atoms with E-state index in [1.54, 1.807) is 0 Å². The van der Waals surface area contributed by atoms with Crippen molar-refractivity contribution in [2.24, 2.45) is 0 Å². The Labute approximate surface area is 109 Å². The first-order valence-electron chi connectivity index (χ1n) is 7.17. The lowest BCUT2D eigenvalue weighted by Gasteiger charge is -2.46. The van der Waals surface area contributed by atoms with Crippen molar-refractivity contribution in [3.63, 3.8) is 0 Å². The maximum Gasteiger partial charge on any atom is 0.129 e. The molecular formula is C14H23NO3. The van der Waals surface area contributed by atoms with Gasteiger partial charge in [-0.05, 0) is 18.9 Å². The fourth-order valence-corrected chi connectivity index (χ4v) is 3.65. The van der Waals surface area contributed by atoms with Crippen molar-refractivity contribution in [2.45, 2.75) is 43.7 Å². The minimum absolute atomic E-state index is 0.0973. The van der Waals surface area contributed by atoms with Crippen molar-refractivity contribution in [2.75, 3.05) is 32.9 Å². The first-order valence-corrected chi connectivity index (χ1v) is 7.17. The zero-order valence-corrected chi connectivity index (χ0v) is 10.9. The minimum Gasteiger partial charge on any atom is -0.495 e. The van der Waals surface area contributed by atoms with Gasteiger partial charge in [-0.3, -0.25) is 4.90 Å². The molecule has 1 saturated carbocycles. The van der Waals surface area contributed by atoms with Crippen LogP contribution < -0.4 is 0 Å². The van der Waals surface area contributed by atoms with Crippen LogP contribution in [0.4, 0.5) is 0 Å². The van der Waals surface area contributed by atoms with E-state index in [1.165, 1.54) is 12.8 Å². The Morgan fingerprint density at radius 1 is 1.17 bits per heavy atom. The maximum absolute atomic E-state index is 10.8. The summed E-state index contributed by atoms with van der Waals surface area (Å²) in [6.45, 7) is 4.17.